The maximum atomic E-state index is 13.5. The highest BCUT2D eigenvalue weighted by atomic mass is 32.2. The van der Waals surface area contributed by atoms with Crippen LogP contribution < -0.4 is 15.8 Å². The average Bonchev–Trinajstić information content (AvgIpc) is 3.24. The highest BCUT2D eigenvalue weighted by Gasteiger charge is 2.31. The van der Waals surface area contributed by atoms with Crippen LogP contribution in [0.5, 0.6) is 5.88 Å². The number of piperazine rings is 1. The second kappa shape index (κ2) is 12.4. The molecule has 0 aliphatic carbocycles. The lowest BCUT2D eigenvalue weighted by Crippen LogP contribution is -2.48. The highest BCUT2D eigenvalue weighted by molar-refractivity contribution is 7.89. The third-order valence-electron chi connectivity index (χ3n) is 6.14. The van der Waals surface area contributed by atoms with Gasteiger partial charge in [-0.3, -0.25) is 14.3 Å². The van der Waals surface area contributed by atoms with Crippen molar-refractivity contribution >= 4 is 27.5 Å². The first-order valence-corrected chi connectivity index (χ1v) is 13.7. The molecule has 3 rings (SSSR count). The van der Waals surface area contributed by atoms with Crippen LogP contribution in [0.25, 0.3) is 0 Å². The number of nitrogens with two attached hydrogens (primary N) is 1. The van der Waals surface area contributed by atoms with Crippen molar-refractivity contribution < 1.29 is 27.5 Å². The lowest BCUT2D eigenvalue weighted by atomic mass is 10.2. The number of amides is 2. The number of methoxy groups -OCH3 is 1. The number of primary amides is 1. The molecule has 14 heteroatoms. The van der Waals surface area contributed by atoms with Crippen molar-refractivity contribution in [2.75, 3.05) is 58.4 Å². The average molecular weight is 538 g/mol. The van der Waals surface area contributed by atoms with Gasteiger partial charge >= 0.3 is 0 Å². The summed E-state index contributed by atoms with van der Waals surface area (Å²) in [5, 5.41) is 6.94. The Morgan fingerprint density at radius 2 is 1.86 bits per heavy atom. The van der Waals surface area contributed by atoms with Crippen molar-refractivity contribution in [2.24, 2.45) is 5.73 Å². The minimum Gasteiger partial charge on any atom is -0.477 e. The van der Waals surface area contributed by atoms with Crippen LogP contribution in [0.4, 0.5) is 5.69 Å². The Morgan fingerprint density at radius 1 is 1.16 bits per heavy atom. The molecule has 13 nitrogen and oxygen atoms in total. The molecule has 0 radical (unpaired) electrons. The van der Waals surface area contributed by atoms with Crippen molar-refractivity contribution in [3.8, 4) is 5.88 Å². The van der Waals surface area contributed by atoms with E-state index in [4.69, 9.17) is 15.2 Å². The van der Waals surface area contributed by atoms with Crippen LogP contribution in [-0.2, 0) is 27.7 Å². The van der Waals surface area contributed by atoms with E-state index in [0.717, 1.165) is 6.54 Å². The van der Waals surface area contributed by atoms with Crippen LogP contribution in [-0.4, -0.2) is 97.2 Å². The number of likely N-dealkylation sites (N-methyl/N-ethyl adjacent to an activating group) is 1. The number of ether oxygens (including phenoxy) is 2. The predicted octanol–water partition coefficient (Wildman–Crippen LogP) is 0.563. The molecule has 0 atom stereocenters. The summed E-state index contributed by atoms with van der Waals surface area (Å²) >= 11 is 0. The molecule has 1 aliphatic rings. The Bertz CT molecular complexity index is 1220. The van der Waals surface area contributed by atoms with Gasteiger partial charge in [0.15, 0.2) is 5.69 Å². The van der Waals surface area contributed by atoms with Gasteiger partial charge in [-0.15, -0.1) is 0 Å². The number of nitrogens with one attached hydrogen (secondary N) is 1. The van der Waals surface area contributed by atoms with Gasteiger partial charge < -0.3 is 25.4 Å². The summed E-state index contributed by atoms with van der Waals surface area (Å²) in [5.41, 5.74) is 6.07. The molecule has 0 spiro atoms. The summed E-state index contributed by atoms with van der Waals surface area (Å²) in [5.74, 6) is -1.54. The molecule has 2 amide bonds. The molecule has 1 fully saturated rings. The molecule has 37 heavy (non-hydrogen) atoms. The van der Waals surface area contributed by atoms with Gasteiger partial charge in [-0.1, -0.05) is 13.8 Å². The number of hydrogen-bond acceptors (Lipinski definition) is 9. The SMILES string of the molecule is CCOc1ncc(S(=O)(=O)N2CCN(CC)CC2)cc1C(=O)Nc1c(C(N)=O)nn(CCOC)c1CC. The van der Waals surface area contributed by atoms with Crippen LogP contribution in [0.1, 0.15) is 47.3 Å². The molecule has 2 aromatic rings. The Kier molecular flexibility index (Phi) is 9.59. The van der Waals surface area contributed by atoms with Crippen LogP contribution in [0.3, 0.4) is 0 Å². The van der Waals surface area contributed by atoms with E-state index < -0.39 is 21.8 Å². The summed E-state index contributed by atoms with van der Waals surface area (Å²) in [6.07, 6.45) is 1.63. The fourth-order valence-corrected chi connectivity index (χ4v) is 5.52. The number of sulfonamides is 1. The monoisotopic (exact) mass is 537 g/mol. The van der Waals surface area contributed by atoms with Crippen molar-refractivity contribution in [1.82, 2.24) is 24.0 Å². The first-order valence-electron chi connectivity index (χ1n) is 12.2. The van der Waals surface area contributed by atoms with E-state index in [2.05, 4.69) is 20.3 Å². The standard InChI is InChI=1S/C23H35N7O6S/c1-5-18-19(20(21(24)31)27-30(18)12-13-35-4)26-22(32)17-14-16(15-25-23(17)36-7-3)37(33,34)29-10-8-28(6-2)9-11-29/h14-15H,5-13H2,1-4H3,(H2,24,31)(H,26,32). The van der Waals surface area contributed by atoms with Crippen molar-refractivity contribution in [1.29, 1.82) is 0 Å². The number of anilines is 1. The van der Waals surface area contributed by atoms with Crippen molar-refractivity contribution in [2.45, 2.75) is 38.6 Å². The number of hydrogen-bond donors (Lipinski definition) is 2. The molecule has 1 saturated heterocycles. The van der Waals surface area contributed by atoms with E-state index in [-0.39, 0.29) is 34.3 Å². The summed E-state index contributed by atoms with van der Waals surface area (Å²) in [6, 6.07) is 1.25. The van der Waals surface area contributed by atoms with Crippen LogP contribution >= 0.6 is 0 Å². The van der Waals surface area contributed by atoms with Gasteiger partial charge in [-0.05, 0) is 26.0 Å². The fourth-order valence-electron chi connectivity index (χ4n) is 4.13. The maximum absolute atomic E-state index is 13.5. The predicted molar refractivity (Wildman–Crippen MR) is 136 cm³/mol. The molecule has 2 aromatic heterocycles. The normalized spacial score (nSPS) is 15.0. The molecule has 0 unspecified atom stereocenters. The van der Waals surface area contributed by atoms with E-state index in [0.29, 0.717) is 51.4 Å². The Balaban J connectivity index is 1.98. The molecule has 0 bridgehead atoms. The molecule has 1 aliphatic heterocycles. The van der Waals surface area contributed by atoms with Gasteiger partial charge in [0.1, 0.15) is 10.5 Å². The first-order chi connectivity index (χ1) is 17.7. The van der Waals surface area contributed by atoms with Crippen LogP contribution in [0.2, 0.25) is 0 Å². The first kappa shape index (κ1) is 28.5. The summed E-state index contributed by atoms with van der Waals surface area (Å²) in [7, 11) is -2.35. The highest BCUT2D eigenvalue weighted by Crippen LogP contribution is 2.27. The van der Waals surface area contributed by atoms with E-state index in [1.165, 1.54) is 16.6 Å². The van der Waals surface area contributed by atoms with Gasteiger partial charge in [0.05, 0.1) is 37.3 Å². The van der Waals surface area contributed by atoms with Gasteiger partial charge in [0, 0.05) is 33.3 Å². The number of pyridine rings is 1. The third kappa shape index (κ3) is 6.26. The quantitative estimate of drug-likeness (QED) is 0.394. The van der Waals surface area contributed by atoms with Gasteiger partial charge in [0.25, 0.3) is 11.8 Å². The summed E-state index contributed by atoms with van der Waals surface area (Å²) in [6.45, 7) is 9.26. The van der Waals surface area contributed by atoms with Crippen molar-refractivity contribution in [3.63, 3.8) is 0 Å². The largest absolute Gasteiger partial charge is 0.477 e. The molecular formula is C23H35N7O6S. The van der Waals surface area contributed by atoms with Gasteiger partial charge in [0.2, 0.25) is 15.9 Å². The molecule has 0 saturated carbocycles. The molecular weight excluding hydrogens is 502 g/mol. The molecule has 204 valence electrons. The van der Waals surface area contributed by atoms with Gasteiger partial charge in [-0.25, -0.2) is 13.4 Å². The summed E-state index contributed by atoms with van der Waals surface area (Å²) < 4.78 is 40.2. The third-order valence-corrected chi connectivity index (χ3v) is 8.00. The minimum absolute atomic E-state index is 0.0276. The molecule has 3 N–H and O–H groups in total. The van der Waals surface area contributed by atoms with Gasteiger partial charge in [-0.2, -0.15) is 9.40 Å². The zero-order valence-corrected chi connectivity index (χ0v) is 22.5. The zero-order chi connectivity index (χ0) is 27.2. The van der Waals surface area contributed by atoms with Crippen molar-refractivity contribution in [3.05, 3.63) is 29.2 Å². The lowest BCUT2D eigenvalue weighted by Gasteiger charge is -2.33. The van der Waals surface area contributed by atoms with Crippen LogP contribution in [0.15, 0.2) is 17.2 Å². The number of rotatable bonds is 12. The smallest absolute Gasteiger partial charge is 0.271 e. The van der Waals surface area contributed by atoms with Crippen LogP contribution in [0, 0.1) is 0 Å². The lowest BCUT2D eigenvalue weighted by molar-refractivity contribution is 0.0994. The van der Waals surface area contributed by atoms with E-state index in [1.807, 2.05) is 13.8 Å². The second-order valence-electron chi connectivity index (χ2n) is 8.35. The Hall–Kier alpha value is -3.07. The minimum atomic E-state index is -3.89. The fraction of sp³-hybridized carbons (Fsp3) is 0.565. The Labute approximate surface area is 217 Å². The number of carbonyl (C=O) groups is 2. The Morgan fingerprint density at radius 3 is 2.43 bits per heavy atom. The van der Waals surface area contributed by atoms with E-state index >= 15 is 0 Å². The zero-order valence-electron chi connectivity index (χ0n) is 21.7. The molecule has 0 aromatic carbocycles. The van der Waals surface area contributed by atoms with E-state index in [9.17, 15) is 18.0 Å². The van der Waals surface area contributed by atoms with E-state index in [1.54, 1.807) is 18.7 Å². The number of nitrogens with zero attached hydrogens (tertiary/aromatic N) is 5. The molecule has 3 heterocycles. The number of aromatic nitrogens is 3. The summed E-state index contributed by atoms with van der Waals surface area (Å²) in [4.78, 5) is 31.7. The number of carbonyl (C=O) groups excluding carboxylic acids is 2. The maximum Gasteiger partial charge on any atom is 0.271 e. The second-order valence-corrected chi connectivity index (χ2v) is 10.3. The topological polar surface area (TPSA) is 162 Å².